The monoisotopic (exact) mass is 326 g/mol. The van der Waals surface area contributed by atoms with Crippen LogP contribution >= 0.6 is 0 Å². The van der Waals surface area contributed by atoms with Crippen molar-refractivity contribution in [2.24, 2.45) is 0 Å². The van der Waals surface area contributed by atoms with Crippen molar-refractivity contribution in [3.63, 3.8) is 0 Å². The Morgan fingerprint density at radius 3 is 2.29 bits per heavy atom. The molecule has 0 atom stereocenters. The van der Waals surface area contributed by atoms with E-state index in [1.807, 2.05) is 54.2 Å². The van der Waals surface area contributed by atoms with Gasteiger partial charge in [-0.05, 0) is 36.8 Å². The maximum Gasteiger partial charge on any atom is 0.350 e. The predicted molar refractivity (Wildman–Crippen MR) is 88.5 cm³/mol. The molecule has 1 saturated heterocycles. The number of hydrogen-bond acceptors (Lipinski definition) is 5. The van der Waals surface area contributed by atoms with E-state index in [-0.39, 0.29) is 5.57 Å². The number of aromatic nitrogens is 1. The highest BCUT2D eigenvalue weighted by molar-refractivity contribution is 6.15. The van der Waals surface area contributed by atoms with Gasteiger partial charge in [-0.3, -0.25) is 0 Å². The van der Waals surface area contributed by atoms with Crippen LogP contribution in [-0.4, -0.2) is 22.3 Å². The van der Waals surface area contributed by atoms with Crippen molar-refractivity contribution in [3.8, 4) is 5.69 Å². The Balaban J connectivity index is 1.86. The molecule has 0 spiro atoms. The van der Waals surface area contributed by atoms with E-state index >= 15 is 0 Å². The number of carbonyl (C=O) groups excluding carboxylic acids is 2. The zero-order chi connectivity index (χ0) is 17.3. The highest BCUT2D eigenvalue weighted by Crippen LogP contribution is 2.25. The van der Waals surface area contributed by atoms with Gasteiger partial charge in [-0.2, -0.15) is 0 Å². The molecule has 1 aromatic heterocycles. The average Bonchev–Trinajstić information content (AvgIpc) is 3.00. The lowest BCUT2D eigenvalue weighted by atomic mass is 10.1. The molecule has 124 valence electrons. The zero-order valence-corrected chi connectivity index (χ0v) is 13.7. The van der Waals surface area contributed by atoms with Gasteiger partial charge < -0.3 is 19.4 Å². The largest absolute Gasteiger partial charge is 0.419 e. The Morgan fingerprint density at radius 1 is 1.04 bits per heavy atom. The summed E-state index contributed by atoms with van der Waals surface area (Å²) in [6, 6.07) is 9.63. The van der Waals surface area contributed by atoms with Crippen molar-refractivity contribution in [1.82, 2.24) is 4.57 Å². The van der Waals surface area contributed by atoms with Crippen molar-refractivity contribution >= 4 is 17.6 Å². The van der Waals surface area contributed by atoms with E-state index in [2.05, 4.69) is 5.32 Å². The van der Waals surface area contributed by atoms with E-state index in [1.165, 1.54) is 20.0 Å². The average molecular weight is 326 g/mol. The first-order chi connectivity index (χ1) is 11.4. The maximum absolute atomic E-state index is 11.9. The third-order valence-corrected chi connectivity index (χ3v) is 3.68. The van der Waals surface area contributed by atoms with Crippen LogP contribution in [0.25, 0.3) is 5.69 Å². The molecule has 2 aromatic rings. The first kappa shape index (κ1) is 15.9. The minimum absolute atomic E-state index is 0.167. The summed E-state index contributed by atoms with van der Waals surface area (Å²) in [5, 5.41) is 3.00. The highest BCUT2D eigenvalue weighted by Gasteiger charge is 2.38. The summed E-state index contributed by atoms with van der Waals surface area (Å²) < 4.78 is 12.1. The second kappa shape index (κ2) is 5.88. The van der Waals surface area contributed by atoms with Gasteiger partial charge in [-0.1, -0.05) is 6.07 Å². The van der Waals surface area contributed by atoms with Crippen LogP contribution in [0.1, 0.15) is 19.4 Å². The van der Waals surface area contributed by atoms with E-state index in [1.54, 1.807) is 0 Å². The molecule has 24 heavy (non-hydrogen) atoms. The van der Waals surface area contributed by atoms with Gasteiger partial charge in [0.1, 0.15) is 0 Å². The third kappa shape index (κ3) is 3.03. The first-order valence-electron chi connectivity index (χ1n) is 7.54. The summed E-state index contributed by atoms with van der Waals surface area (Å²) in [7, 11) is 0. The Morgan fingerprint density at radius 2 is 1.67 bits per heavy atom. The summed E-state index contributed by atoms with van der Waals surface area (Å²) in [5.41, 5.74) is 2.58. The predicted octanol–water partition coefficient (Wildman–Crippen LogP) is 2.92. The topological polar surface area (TPSA) is 69.6 Å². The molecule has 1 aromatic carbocycles. The Hall–Kier alpha value is -3.02. The number of cyclic esters (lactones) is 2. The molecular formula is C18H18N2O4. The number of carbonyl (C=O) groups is 2. The number of esters is 2. The molecule has 6 heteroatoms. The van der Waals surface area contributed by atoms with Crippen molar-refractivity contribution < 1.29 is 19.1 Å². The molecule has 0 aliphatic carbocycles. The molecule has 1 aliphatic rings. The van der Waals surface area contributed by atoms with Crippen LogP contribution in [0, 0.1) is 6.92 Å². The molecule has 1 N–H and O–H groups in total. The number of nitrogens with zero attached hydrogens (tertiary/aromatic N) is 1. The number of anilines is 1. The Bertz CT molecular complexity index is 798. The summed E-state index contributed by atoms with van der Waals surface area (Å²) in [5.74, 6) is -2.65. The van der Waals surface area contributed by atoms with E-state index < -0.39 is 17.7 Å². The first-order valence-corrected chi connectivity index (χ1v) is 7.54. The van der Waals surface area contributed by atoms with Gasteiger partial charge in [0.15, 0.2) is 5.57 Å². The van der Waals surface area contributed by atoms with Crippen LogP contribution in [0.4, 0.5) is 5.69 Å². The van der Waals surface area contributed by atoms with E-state index in [0.717, 1.165) is 16.9 Å². The smallest absolute Gasteiger partial charge is 0.350 e. The Kier molecular flexibility index (Phi) is 3.89. The number of benzene rings is 1. The van der Waals surface area contributed by atoms with Crippen LogP contribution < -0.4 is 5.32 Å². The van der Waals surface area contributed by atoms with Crippen LogP contribution in [-0.2, 0) is 19.1 Å². The lowest BCUT2D eigenvalue weighted by molar-refractivity contribution is -0.222. The third-order valence-electron chi connectivity index (χ3n) is 3.68. The second-order valence-electron chi connectivity index (χ2n) is 5.92. The fourth-order valence-electron chi connectivity index (χ4n) is 2.48. The van der Waals surface area contributed by atoms with E-state index in [4.69, 9.17) is 9.47 Å². The zero-order valence-electron chi connectivity index (χ0n) is 13.7. The molecule has 0 radical (unpaired) electrons. The normalized spacial score (nSPS) is 16.4. The highest BCUT2D eigenvalue weighted by atomic mass is 16.7. The van der Waals surface area contributed by atoms with Crippen LogP contribution in [0.3, 0.4) is 0 Å². The minimum atomic E-state index is -1.24. The second-order valence-corrected chi connectivity index (χ2v) is 5.92. The van der Waals surface area contributed by atoms with Crippen molar-refractivity contribution in [2.45, 2.75) is 26.6 Å². The van der Waals surface area contributed by atoms with Gasteiger partial charge >= 0.3 is 11.9 Å². The number of rotatable bonds is 3. The van der Waals surface area contributed by atoms with Gasteiger partial charge in [0.2, 0.25) is 0 Å². The molecule has 0 saturated carbocycles. The summed E-state index contributed by atoms with van der Waals surface area (Å²) >= 11 is 0. The van der Waals surface area contributed by atoms with Gasteiger partial charge in [0.25, 0.3) is 5.79 Å². The summed E-state index contributed by atoms with van der Waals surface area (Å²) in [6.07, 6.45) is 5.22. The Labute approximate surface area is 139 Å². The fourth-order valence-corrected chi connectivity index (χ4v) is 2.48. The van der Waals surface area contributed by atoms with Crippen LogP contribution in [0.2, 0.25) is 0 Å². The summed E-state index contributed by atoms with van der Waals surface area (Å²) in [6.45, 7) is 4.98. The standard InChI is InChI=1S/C18H18N2O4/c1-12-14(7-6-8-15(12)20-9-4-5-10-20)19-11-13-16(21)23-18(2,3)24-17(13)22/h4-11,19H,1-3H3. The molecule has 3 rings (SSSR count). The van der Waals surface area contributed by atoms with Crippen LogP contribution in [0.5, 0.6) is 0 Å². The minimum Gasteiger partial charge on any atom is -0.419 e. The number of ether oxygens (including phenoxy) is 2. The van der Waals surface area contributed by atoms with Crippen LogP contribution in [0.15, 0.2) is 54.5 Å². The van der Waals surface area contributed by atoms with Gasteiger partial charge in [-0.25, -0.2) is 9.59 Å². The molecule has 2 heterocycles. The lowest BCUT2D eigenvalue weighted by Gasteiger charge is -2.29. The molecule has 1 fully saturated rings. The number of nitrogens with one attached hydrogen (secondary N) is 1. The molecule has 1 aliphatic heterocycles. The van der Waals surface area contributed by atoms with E-state index in [0.29, 0.717) is 0 Å². The molecular weight excluding hydrogens is 308 g/mol. The SMILES string of the molecule is Cc1c(NC=C2C(=O)OC(C)(C)OC2=O)cccc1-n1cccc1. The summed E-state index contributed by atoms with van der Waals surface area (Å²) in [4.78, 5) is 23.9. The van der Waals surface area contributed by atoms with Crippen molar-refractivity contribution in [2.75, 3.05) is 5.32 Å². The molecule has 6 nitrogen and oxygen atoms in total. The molecule has 0 amide bonds. The van der Waals surface area contributed by atoms with Gasteiger partial charge in [-0.15, -0.1) is 0 Å². The molecule has 0 bridgehead atoms. The van der Waals surface area contributed by atoms with Gasteiger partial charge in [0.05, 0.1) is 0 Å². The van der Waals surface area contributed by atoms with E-state index in [9.17, 15) is 9.59 Å². The van der Waals surface area contributed by atoms with Gasteiger partial charge in [0, 0.05) is 43.8 Å². The number of hydrogen-bond donors (Lipinski definition) is 1. The van der Waals surface area contributed by atoms with Crippen molar-refractivity contribution in [3.05, 3.63) is 60.1 Å². The maximum atomic E-state index is 11.9. The van der Waals surface area contributed by atoms with Crippen molar-refractivity contribution in [1.29, 1.82) is 0 Å². The lowest BCUT2D eigenvalue weighted by Crippen LogP contribution is -2.42. The fraction of sp³-hybridized carbons (Fsp3) is 0.222. The molecule has 0 unspecified atom stereocenters. The quantitative estimate of drug-likeness (QED) is 0.533.